The molecule has 0 aromatic heterocycles. The monoisotopic (exact) mass is 421 g/mol. The molecule has 3 aromatic carbocycles. The van der Waals surface area contributed by atoms with Crippen molar-refractivity contribution in [2.75, 3.05) is 18.6 Å². The smallest absolute Gasteiger partial charge is 0.341 e. The van der Waals surface area contributed by atoms with E-state index < -0.39 is 58.7 Å². The third-order valence-corrected chi connectivity index (χ3v) is 4.28. The van der Waals surface area contributed by atoms with Crippen LogP contribution in [-0.4, -0.2) is 29.8 Å². The highest BCUT2D eigenvalue weighted by molar-refractivity contribution is 5.78. The summed E-state index contributed by atoms with van der Waals surface area (Å²) in [6.07, 6.45) is 0. The molecule has 3 aromatic rings. The number of nitrogens with zero attached hydrogens (tertiary/aromatic N) is 1. The van der Waals surface area contributed by atoms with Gasteiger partial charge in [0.2, 0.25) is 0 Å². The third-order valence-electron chi connectivity index (χ3n) is 4.28. The summed E-state index contributed by atoms with van der Waals surface area (Å²) in [4.78, 5) is 11.4. The SMILES string of the molecule is CN(c1c(O)ccc(-c2cccc(F)c2)c1F)c1c(F)ccc(OCC(=O)O)c1F. The van der Waals surface area contributed by atoms with Gasteiger partial charge in [-0.2, -0.15) is 0 Å². The molecule has 0 spiro atoms. The number of hydrogen-bond acceptors (Lipinski definition) is 4. The molecule has 0 fully saturated rings. The van der Waals surface area contributed by atoms with Crippen molar-refractivity contribution in [3.05, 3.63) is 71.8 Å². The first-order chi connectivity index (χ1) is 14.2. The lowest BCUT2D eigenvalue weighted by Crippen LogP contribution is -2.17. The highest BCUT2D eigenvalue weighted by atomic mass is 19.1. The molecule has 0 aliphatic heterocycles. The summed E-state index contributed by atoms with van der Waals surface area (Å²) in [7, 11) is 1.11. The van der Waals surface area contributed by atoms with E-state index in [1.807, 2.05) is 0 Å². The maximum Gasteiger partial charge on any atom is 0.341 e. The Kier molecular flexibility index (Phi) is 5.81. The van der Waals surface area contributed by atoms with E-state index in [4.69, 9.17) is 9.84 Å². The molecule has 9 heteroatoms. The van der Waals surface area contributed by atoms with Crippen LogP contribution >= 0.6 is 0 Å². The van der Waals surface area contributed by atoms with Gasteiger partial charge in [0.15, 0.2) is 24.0 Å². The minimum absolute atomic E-state index is 0.103. The fourth-order valence-corrected chi connectivity index (χ4v) is 2.95. The van der Waals surface area contributed by atoms with E-state index in [9.17, 15) is 23.1 Å². The Morgan fingerprint density at radius 2 is 1.73 bits per heavy atom. The zero-order chi connectivity index (χ0) is 22.0. The van der Waals surface area contributed by atoms with Crippen LogP contribution in [0.25, 0.3) is 11.1 Å². The van der Waals surface area contributed by atoms with Crippen molar-refractivity contribution in [1.82, 2.24) is 0 Å². The van der Waals surface area contributed by atoms with E-state index in [0.29, 0.717) is 0 Å². The van der Waals surface area contributed by atoms with E-state index in [1.165, 1.54) is 24.3 Å². The van der Waals surface area contributed by atoms with Crippen LogP contribution in [0.3, 0.4) is 0 Å². The average Bonchev–Trinajstić information content (AvgIpc) is 2.67. The number of aromatic hydroxyl groups is 1. The normalized spacial score (nSPS) is 10.7. The summed E-state index contributed by atoms with van der Waals surface area (Å²) in [5, 5.41) is 18.8. The zero-order valence-corrected chi connectivity index (χ0v) is 15.5. The molecular weight excluding hydrogens is 406 g/mol. The first-order valence-corrected chi connectivity index (χ1v) is 8.54. The number of anilines is 2. The van der Waals surface area contributed by atoms with E-state index in [-0.39, 0.29) is 11.1 Å². The van der Waals surface area contributed by atoms with Crippen molar-refractivity contribution < 1.29 is 37.3 Å². The highest BCUT2D eigenvalue weighted by Gasteiger charge is 2.25. The Bertz CT molecular complexity index is 1120. The molecule has 0 aliphatic rings. The third kappa shape index (κ3) is 4.00. The lowest BCUT2D eigenvalue weighted by atomic mass is 10.0. The van der Waals surface area contributed by atoms with E-state index in [1.54, 1.807) is 0 Å². The van der Waals surface area contributed by atoms with Crippen LogP contribution in [0.15, 0.2) is 48.5 Å². The summed E-state index contributed by atoms with van der Waals surface area (Å²) in [6, 6.07) is 9.06. The molecule has 156 valence electrons. The van der Waals surface area contributed by atoms with Crippen LogP contribution in [0.5, 0.6) is 11.5 Å². The molecule has 30 heavy (non-hydrogen) atoms. The maximum absolute atomic E-state index is 15.2. The minimum atomic E-state index is -1.37. The molecule has 0 aliphatic carbocycles. The van der Waals surface area contributed by atoms with E-state index in [0.717, 1.165) is 36.2 Å². The number of hydrogen-bond donors (Lipinski definition) is 2. The number of phenols is 1. The van der Waals surface area contributed by atoms with Gasteiger partial charge in [-0.05, 0) is 42.0 Å². The summed E-state index contributed by atoms with van der Waals surface area (Å²) in [6.45, 7) is -0.875. The van der Waals surface area contributed by atoms with Crippen molar-refractivity contribution in [3.63, 3.8) is 0 Å². The van der Waals surface area contributed by atoms with Crippen LogP contribution in [0.4, 0.5) is 28.9 Å². The van der Waals surface area contributed by atoms with Crippen molar-refractivity contribution in [2.24, 2.45) is 0 Å². The molecule has 5 nitrogen and oxygen atoms in total. The standard InChI is InChI=1S/C21H15F4NO4/c1-26(20-14(23)6-8-16(19(20)25)30-10-17(28)29)21-15(27)7-5-13(18(21)24)11-3-2-4-12(22)9-11/h2-9,27H,10H2,1H3,(H,28,29). The number of halogens is 4. The van der Waals surface area contributed by atoms with Gasteiger partial charge in [-0.1, -0.05) is 12.1 Å². The van der Waals surface area contributed by atoms with Crippen molar-refractivity contribution in [1.29, 1.82) is 0 Å². The van der Waals surface area contributed by atoms with Gasteiger partial charge >= 0.3 is 5.97 Å². The molecule has 2 N–H and O–H groups in total. The molecule has 3 rings (SSSR count). The second kappa shape index (κ2) is 8.32. The Morgan fingerprint density at radius 1 is 1.00 bits per heavy atom. The van der Waals surface area contributed by atoms with Crippen LogP contribution in [0.2, 0.25) is 0 Å². The van der Waals surface area contributed by atoms with Gasteiger partial charge in [0.25, 0.3) is 0 Å². The molecule has 0 heterocycles. The predicted octanol–water partition coefficient (Wildman–Crippen LogP) is 4.85. The maximum atomic E-state index is 15.2. The molecule has 0 amide bonds. The van der Waals surface area contributed by atoms with Gasteiger partial charge in [0, 0.05) is 12.6 Å². The number of phenolic OH excluding ortho intramolecular Hbond substituents is 1. The zero-order valence-electron chi connectivity index (χ0n) is 15.5. The Balaban J connectivity index is 2.11. The molecule has 0 saturated carbocycles. The second-order valence-electron chi connectivity index (χ2n) is 6.25. The number of rotatable bonds is 6. The van der Waals surface area contributed by atoms with Crippen LogP contribution < -0.4 is 9.64 Å². The molecule has 0 radical (unpaired) electrons. The molecule has 0 unspecified atom stereocenters. The summed E-state index contributed by atoms with van der Waals surface area (Å²) in [5.41, 5.74) is -1.29. The summed E-state index contributed by atoms with van der Waals surface area (Å²) in [5.74, 6) is -6.61. The van der Waals surface area contributed by atoms with Crippen molar-refractivity contribution in [3.8, 4) is 22.6 Å². The molecule has 0 bridgehead atoms. The number of carbonyl (C=O) groups is 1. The average molecular weight is 421 g/mol. The Labute approximate surface area is 168 Å². The fraction of sp³-hybridized carbons (Fsp3) is 0.0952. The largest absolute Gasteiger partial charge is 0.506 e. The van der Waals surface area contributed by atoms with Gasteiger partial charge in [0.05, 0.1) is 0 Å². The minimum Gasteiger partial charge on any atom is -0.506 e. The van der Waals surface area contributed by atoms with Gasteiger partial charge in [0.1, 0.15) is 28.8 Å². The molecule has 0 saturated heterocycles. The summed E-state index contributed by atoms with van der Waals surface area (Å²) >= 11 is 0. The number of aliphatic carboxylic acids is 1. The highest BCUT2D eigenvalue weighted by Crippen LogP contribution is 2.42. The quantitative estimate of drug-likeness (QED) is 0.557. The van der Waals surface area contributed by atoms with E-state index >= 15 is 4.39 Å². The van der Waals surface area contributed by atoms with E-state index in [2.05, 4.69) is 0 Å². The van der Waals surface area contributed by atoms with Crippen LogP contribution in [-0.2, 0) is 4.79 Å². The van der Waals surface area contributed by atoms with Crippen LogP contribution in [0, 0.1) is 23.3 Å². The Morgan fingerprint density at radius 3 is 2.40 bits per heavy atom. The van der Waals surface area contributed by atoms with Crippen molar-refractivity contribution >= 4 is 17.3 Å². The van der Waals surface area contributed by atoms with Gasteiger partial charge < -0.3 is 19.8 Å². The van der Waals surface area contributed by atoms with Gasteiger partial charge in [-0.3, -0.25) is 0 Å². The lowest BCUT2D eigenvalue weighted by molar-refractivity contribution is -0.139. The predicted molar refractivity (Wildman–Crippen MR) is 101 cm³/mol. The second-order valence-corrected chi connectivity index (χ2v) is 6.25. The summed E-state index contributed by atoms with van der Waals surface area (Å²) < 4.78 is 62.7. The van der Waals surface area contributed by atoms with Gasteiger partial charge in [-0.25, -0.2) is 22.4 Å². The first kappa shape index (κ1) is 21.0. The molecule has 0 atom stereocenters. The number of carboxylic acids is 1. The number of ether oxygens (including phenoxy) is 1. The first-order valence-electron chi connectivity index (χ1n) is 8.54. The lowest BCUT2D eigenvalue weighted by Gasteiger charge is -2.24. The Hall–Kier alpha value is -3.75. The van der Waals surface area contributed by atoms with Crippen molar-refractivity contribution in [2.45, 2.75) is 0 Å². The fourth-order valence-electron chi connectivity index (χ4n) is 2.95. The number of benzene rings is 3. The van der Waals surface area contributed by atoms with Gasteiger partial charge in [-0.15, -0.1) is 0 Å². The van der Waals surface area contributed by atoms with Crippen LogP contribution in [0.1, 0.15) is 0 Å². The topological polar surface area (TPSA) is 70.0 Å². The molecular formula is C21H15F4NO4. The number of carboxylic acid groups (broad SMARTS) is 1.